The number of aromatic nitrogens is 1. The molecule has 0 fully saturated rings. The van der Waals surface area contributed by atoms with Gasteiger partial charge in [0.1, 0.15) is 12.4 Å². The Morgan fingerprint density at radius 2 is 1.63 bits per heavy atom. The van der Waals surface area contributed by atoms with E-state index in [9.17, 15) is 13.6 Å². The van der Waals surface area contributed by atoms with Crippen LogP contribution in [0.2, 0.25) is 0 Å². The molecule has 0 saturated heterocycles. The first-order chi connectivity index (χ1) is 17.0. The third kappa shape index (κ3) is 4.38. The number of methoxy groups -OCH3 is 1. The van der Waals surface area contributed by atoms with Crippen molar-refractivity contribution in [2.24, 2.45) is 0 Å². The Morgan fingerprint density at radius 3 is 2.34 bits per heavy atom. The Bertz CT molecular complexity index is 1510. The van der Waals surface area contributed by atoms with Gasteiger partial charge in [-0.1, -0.05) is 48.5 Å². The zero-order valence-corrected chi connectivity index (χ0v) is 18.9. The lowest BCUT2D eigenvalue weighted by atomic mass is 10.0. The summed E-state index contributed by atoms with van der Waals surface area (Å²) in [5.74, 6) is -1.60. The van der Waals surface area contributed by atoms with Crippen LogP contribution >= 0.6 is 0 Å². The lowest BCUT2D eigenvalue weighted by Crippen LogP contribution is -2.00. The molecular formula is C29H21F2NO3. The van der Waals surface area contributed by atoms with E-state index in [0.717, 1.165) is 39.7 Å². The van der Waals surface area contributed by atoms with Gasteiger partial charge in [0, 0.05) is 28.9 Å². The molecule has 1 aromatic heterocycles. The number of hydrogen-bond donors (Lipinski definition) is 0. The molecule has 4 aromatic carbocycles. The second kappa shape index (κ2) is 9.43. The summed E-state index contributed by atoms with van der Waals surface area (Å²) in [4.78, 5) is 11.9. The molecule has 5 aromatic rings. The summed E-state index contributed by atoms with van der Waals surface area (Å²) in [7, 11) is 1.34. The van der Waals surface area contributed by atoms with E-state index in [1.807, 2.05) is 66.9 Å². The summed E-state index contributed by atoms with van der Waals surface area (Å²) in [5, 5.41) is 0.819. The van der Waals surface area contributed by atoms with Crippen molar-refractivity contribution in [2.45, 2.75) is 6.61 Å². The first-order valence-electron chi connectivity index (χ1n) is 11.0. The molecule has 0 aliphatic heterocycles. The van der Waals surface area contributed by atoms with Crippen LogP contribution in [-0.2, 0) is 11.3 Å². The molecule has 0 spiro atoms. The third-order valence-electron chi connectivity index (χ3n) is 5.83. The van der Waals surface area contributed by atoms with Crippen molar-refractivity contribution >= 4 is 16.9 Å². The molecule has 0 N–H and O–H groups in total. The van der Waals surface area contributed by atoms with Crippen molar-refractivity contribution in [3.63, 3.8) is 0 Å². The van der Waals surface area contributed by atoms with Gasteiger partial charge in [-0.25, -0.2) is 13.6 Å². The van der Waals surface area contributed by atoms with Gasteiger partial charge in [-0.2, -0.15) is 0 Å². The molecule has 0 atom stereocenters. The number of carbonyl (C=O) groups is 1. The molecule has 0 radical (unpaired) electrons. The van der Waals surface area contributed by atoms with Crippen molar-refractivity contribution in [1.82, 2.24) is 4.57 Å². The second-order valence-corrected chi connectivity index (χ2v) is 8.00. The van der Waals surface area contributed by atoms with Crippen molar-refractivity contribution < 1.29 is 23.0 Å². The summed E-state index contributed by atoms with van der Waals surface area (Å²) in [5.41, 5.74) is 4.36. The lowest BCUT2D eigenvalue weighted by molar-refractivity contribution is 0.0600. The highest BCUT2D eigenvalue weighted by molar-refractivity contribution is 6.02. The van der Waals surface area contributed by atoms with Crippen LogP contribution < -0.4 is 4.74 Å². The maximum atomic E-state index is 14.1. The first-order valence-corrected chi connectivity index (χ1v) is 11.0. The van der Waals surface area contributed by atoms with Gasteiger partial charge in [0.25, 0.3) is 0 Å². The van der Waals surface area contributed by atoms with Crippen molar-refractivity contribution in [2.75, 3.05) is 7.11 Å². The molecule has 0 saturated carbocycles. The minimum absolute atomic E-state index is 0.372. The summed E-state index contributed by atoms with van der Waals surface area (Å²) < 4.78 is 40.5. The third-order valence-corrected chi connectivity index (χ3v) is 5.83. The molecular weight excluding hydrogens is 448 g/mol. The molecule has 0 unspecified atom stereocenters. The van der Waals surface area contributed by atoms with Crippen LogP contribution in [0.25, 0.3) is 27.7 Å². The van der Waals surface area contributed by atoms with E-state index in [0.29, 0.717) is 23.6 Å². The number of benzene rings is 4. The minimum Gasteiger partial charge on any atom is -0.488 e. The van der Waals surface area contributed by atoms with Crippen molar-refractivity contribution in [1.29, 1.82) is 0 Å². The van der Waals surface area contributed by atoms with E-state index in [1.54, 1.807) is 16.7 Å². The molecule has 4 nitrogen and oxygen atoms in total. The fourth-order valence-electron chi connectivity index (χ4n) is 4.08. The summed E-state index contributed by atoms with van der Waals surface area (Å²) >= 11 is 0. The van der Waals surface area contributed by atoms with E-state index >= 15 is 0 Å². The Balaban J connectivity index is 1.66. The maximum Gasteiger partial charge on any atom is 0.337 e. The predicted molar refractivity (Wildman–Crippen MR) is 131 cm³/mol. The van der Waals surface area contributed by atoms with E-state index < -0.39 is 17.6 Å². The van der Waals surface area contributed by atoms with Gasteiger partial charge in [-0.15, -0.1) is 0 Å². The normalized spacial score (nSPS) is 10.9. The Kier molecular flexibility index (Phi) is 6.02. The van der Waals surface area contributed by atoms with Crippen LogP contribution in [0, 0.1) is 11.6 Å². The van der Waals surface area contributed by atoms with Gasteiger partial charge < -0.3 is 14.0 Å². The molecule has 0 aliphatic rings. The number of carbonyl (C=O) groups excluding carboxylic acids is 1. The van der Waals surface area contributed by atoms with Crippen molar-refractivity contribution in [3.8, 4) is 22.6 Å². The number of nitrogens with zero attached hydrogens (tertiary/aromatic N) is 1. The van der Waals surface area contributed by atoms with Crippen molar-refractivity contribution in [3.05, 3.63) is 120 Å². The molecule has 174 valence electrons. The number of ether oxygens (including phenoxy) is 2. The SMILES string of the molecule is COC(=O)c1ccc(-c2cn(-c3ccc(F)c(F)c3)c3cccc(OCc4ccccc4)c23)cc1. The molecule has 6 heteroatoms. The molecule has 0 bridgehead atoms. The Labute approximate surface area is 201 Å². The number of hydrogen-bond acceptors (Lipinski definition) is 3. The average Bonchev–Trinajstić information content (AvgIpc) is 3.29. The van der Waals surface area contributed by atoms with Gasteiger partial charge in [-0.3, -0.25) is 0 Å². The monoisotopic (exact) mass is 469 g/mol. The summed E-state index contributed by atoms with van der Waals surface area (Å²) in [6, 6.07) is 26.3. The number of esters is 1. The largest absolute Gasteiger partial charge is 0.488 e. The topological polar surface area (TPSA) is 40.5 Å². The quantitative estimate of drug-likeness (QED) is 0.253. The highest BCUT2D eigenvalue weighted by Crippen LogP contribution is 2.39. The highest BCUT2D eigenvalue weighted by atomic mass is 19.2. The van der Waals surface area contributed by atoms with E-state index in [2.05, 4.69) is 0 Å². The highest BCUT2D eigenvalue weighted by Gasteiger charge is 2.18. The van der Waals surface area contributed by atoms with Crippen LogP contribution in [0.4, 0.5) is 8.78 Å². The smallest absolute Gasteiger partial charge is 0.337 e. The van der Waals surface area contributed by atoms with Gasteiger partial charge in [0.05, 0.1) is 18.2 Å². The van der Waals surface area contributed by atoms with E-state index in [1.165, 1.54) is 13.2 Å². The second-order valence-electron chi connectivity index (χ2n) is 8.00. The molecule has 35 heavy (non-hydrogen) atoms. The maximum absolute atomic E-state index is 14.1. The van der Waals surface area contributed by atoms with E-state index in [-0.39, 0.29) is 0 Å². The predicted octanol–water partition coefficient (Wildman–Crippen LogP) is 6.94. The van der Waals surface area contributed by atoms with Gasteiger partial charge >= 0.3 is 5.97 Å². The lowest BCUT2D eigenvalue weighted by Gasteiger charge is -2.10. The fraction of sp³-hybridized carbons (Fsp3) is 0.0690. The van der Waals surface area contributed by atoms with Crippen LogP contribution in [-0.4, -0.2) is 17.6 Å². The van der Waals surface area contributed by atoms with Gasteiger partial charge in [0.15, 0.2) is 11.6 Å². The van der Waals surface area contributed by atoms with Crippen LogP contribution in [0.3, 0.4) is 0 Å². The van der Waals surface area contributed by atoms with Gasteiger partial charge in [0.2, 0.25) is 0 Å². The van der Waals surface area contributed by atoms with Crippen LogP contribution in [0.5, 0.6) is 5.75 Å². The molecule has 0 aliphatic carbocycles. The number of halogens is 2. The summed E-state index contributed by atoms with van der Waals surface area (Å²) in [6.07, 6.45) is 1.86. The zero-order valence-electron chi connectivity index (χ0n) is 18.9. The van der Waals surface area contributed by atoms with Crippen LogP contribution in [0.15, 0.2) is 97.2 Å². The summed E-state index contributed by atoms with van der Waals surface area (Å²) in [6.45, 7) is 0.372. The molecule has 0 amide bonds. The zero-order chi connectivity index (χ0) is 24.4. The van der Waals surface area contributed by atoms with E-state index in [4.69, 9.17) is 9.47 Å². The Morgan fingerprint density at radius 1 is 0.857 bits per heavy atom. The Hall–Kier alpha value is -4.45. The van der Waals surface area contributed by atoms with Crippen LogP contribution in [0.1, 0.15) is 15.9 Å². The number of rotatable bonds is 6. The minimum atomic E-state index is -0.926. The molecule has 5 rings (SSSR count). The van der Waals surface area contributed by atoms with Gasteiger partial charge in [-0.05, 0) is 47.5 Å². The first kappa shape index (κ1) is 22.3. The average molecular weight is 469 g/mol. The number of fused-ring (bicyclic) bond motifs is 1. The fourth-order valence-corrected chi connectivity index (χ4v) is 4.08. The standard InChI is InChI=1S/C29H21F2NO3/c1-34-29(33)21-12-10-20(11-13-21)23-17-32(22-14-15-24(30)25(31)16-22)26-8-5-9-27(28(23)26)35-18-19-6-3-2-4-7-19/h2-17H,18H2,1H3. The molecule has 1 heterocycles.